The number of carbonyl (C=O) groups is 1. The Labute approximate surface area is 125 Å². The van der Waals surface area contributed by atoms with E-state index in [0.717, 1.165) is 0 Å². The lowest BCUT2D eigenvalue weighted by Gasteiger charge is -2.23. The third-order valence-electron chi connectivity index (χ3n) is 4.50. The summed E-state index contributed by atoms with van der Waals surface area (Å²) in [6.45, 7) is 0. The van der Waals surface area contributed by atoms with Gasteiger partial charge in [-0.2, -0.15) is 0 Å². The Hall–Kier alpha value is -1.22. The van der Waals surface area contributed by atoms with Crippen LogP contribution in [0.15, 0.2) is 47.4 Å². The molecule has 0 heterocycles. The van der Waals surface area contributed by atoms with Gasteiger partial charge < -0.3 is 4.90 Å². The van der Waals surface area contributed by atoms with Crippen LogP contribution in [0.25, 0.3) is 0 Å². The zero-order valence-corrected chi connectivity index (χ0v) is 12.8. The number of hydrogen-bond donors (Lipinski definition) is 0. The largest absolute Gasteiger partial charge is 0.348 e. The highest BCUT2D eigenvalue weighted by atomic mass is 32.2. The van der Waals surface area contributed by atoms with Crippen molar-refractivity contribution in [2.45, 2.75) is 6.42 Å². The van der Waals surface area contributed by atoms with Crippen molar-refractivity contribution in [3.63, 3.8) is 0 Å². The Morgan fingerprint density at radius 1 is 1.20 bits per heavy atom. The van der Waals surface area contributed by atoms with E-state index in [1.165, 1.54) is 11.3 Å². The highest BCUT2D eigenvalue weighted by molar-refractivity contribution is 8.03. The van der Waals surface area contributed by atoms with E-state index >= 15 is 0 Å². The van der Waals surface area contributed by atoms with Crippen molar-refractivity contribution < 1.29 is 4.79 Å². The molecule has 0 aromatic heterocycles. The van der Waals surface area contributed by atoms with Gasteiger partial charge in [-0.05, 0) is 30.1 Å². The number of rotatable bonds is 3. The van der Waals surface area contributed by atoms with Gasteiger partial charge in [-0.3, -0.25) is 4.79 Å². The lowest BCUT2D eigenvalue weighted by Crippen LogP contribution is -2.23. The van der Waals surface area contributed by atoms with Crippen LogP contribution < -0.4 is 0 Å². The Morgan fingerprint density at radius 3 is 2.75 bits per heavy atom. The molecule has 3 aliphatic carbocycles. The number of allylic oxidation sites excluding steroid dienone is 7. The van der Waals surface area contributed by atoms with Crippen molar-refractivity contribution >= 4 is 17.7 Å². The van der Waals surface area contributed by atoms with E-state index in [9.17, 15) is 4.79 Å². The van der Waals surface area contributed by atoms with Crippen LogP contribution in [0.2, 0.25) is 0 Å². The van der Waals surface area contributed by atoms with E-state index in [4.69, 9.17) is 0 Å². The van der Waals surface area contributed by atoms with Gasteiger partial charge in [-0.25, -0.2) is 0 Å². The van der Waals surface area contributed by atoms with Gasteiger partial charge in [-0.1, -0.05) is 42.5 Å². The van der Waals surface area contributed by atoms with Crippen LogP contribution in [0.4, 0.5) is 0 Å². The van der Waals surface area contributed by atoms with Crippen molar-refractivity contribution in [2.24, 2.45) is 23.7 Å². The zero-order valence-electron chi connectivity index (χ0n) is 12.0. The average Bonchev–Trinajstić information content (AvgIpc) is 2.82. The molecule has 0 radical (unpaired) electrons. The summed E-state index contributed by atoms with van der Waals surface area (Å²) in [7, 11) is 3.62. The molecule has 2 nitrogen and oxygen atoms in total. The Bertz CT molecular complexity index is 515. The van der Waals surface area contributed by atoms with Gasteiger partial charge in [0.25, 0.3) is 0 Å². The minimum absolute atomic E-state index is 0.178. The number of amides is 1. The lowest BCUT2D eigenvalue weighted by atomic mass is 9.83. The predicted molar refractivity (Wildman–Crippen MR) is 85.2 cm³/mol. The fraction of sp³-hybridized carbons (Fsp3) is 0.471. The first-order chi connectivity index (χ1) is 9.65. The number of fused-ring (bicyclic) bond motifs is 3. The first kappa shape index (κ1) is 13.7. The summed E-state index contributed by atoms with van der Waals surface area (Å²) in [4.78, 5) is 14.6. The first-order valence-corrected chi connectivity index (χ1v) is 8.21. The van der Waals surface area contributed by atoms with Crippen LogP contribution in [0, 0.1) is 23.7 Å². The normalized spacial score (nSPS) is 33.6. The molecule has 0 aromatic rings. The second-order valence-electron chi connectivity index (χ2n) is 5.99. The third-order valence-corrected chi connectivity index (χ3v) is 5.50. The Morgan fingerprint density at radius 2 is 1.95 bits per heavy atom. The van der Waals surface area contributed by atoms with Crippen LogP contribution in [0.3, 0.4) is 0 Å². The van der Waals surface area contributed by atoms with Gasteiger partial charge in [0, 0.05) is 19.0 Å². The van der Waals surface area contributed by atoms with E-state index in [-0.39, 0.29) is 5.91 Å². The highest BCUT2D eigenvalue weighted by Gasteiger charge is 2.40. The monoisotopic (exact) mass is 287 g/mol. The Balaban J connectivity index is 1.64. The minimum atomic E-state index is 0.178. The summed E-state index contributed by atoms with van der Waals surface area (Å²) < 4.78 is 0. The number of hydrogen-bond acceptors (Lipinski definition) is 2. The smallest absolute Gasteiger partial charge is 0.232 e. The molecule has 0 N–H and O–H groups in total. The van der Waals surface area contributed by atoms with Crippen LogP contribution in [-0.4, -0.2) is 30.7 Å². The standard InChI is InChI=1S/C17H21NOS/c1-18(2)17(19)11-20-14-7-8-16-13(10-14)9-12-5-3-4-6-15(12)16/h3-8,10,12-13,15-16H,9,11H2,1-2H3. The second kappa shape index (κ2) is 5.65. The minimum Gasteiger partial charge on any atom is -0.348 e. The molecule has 1 saturated carbocycles. The van der Waals surface area contributed by atoms with Gasteiger partial charge in [0.2, 0.25) is 5.91 Å². The predicted octanol–water partition coefficient (Wildman–Crippen LogP) is 3.26. The molecule has 0 aliphatic heterocycles. The molecule has 106 valence electrons. The number of thioether (sulfide) groups is 1. The molecule has 1 fully saturated rings. The van der Waals surface area contributed by atoms with E-state index < -0.39 is 0 Å². The summed E-state index contributed by atoms with van der Waals surface area (Å²) in [6.07, 6.45) is 17.3. The molecule has 3 heteroatoms. The van der Waals surface area contributed by atoms with Gasteiger partial charge >= 0.3 is 0 Å². The zero-order chi connectivity index (χ0) is 14.1. The topological polar surface area (TPSA) is 20.3 Å². The first-order valence-electron chi connectivity index (χ1n) is 7.23. The van der Waals surface area contributed by atoms with Gasteiger partial charge in [-0.15, -0.1) is 11.8 Å². The molecule has 3 aliphatic rings. The molecule has 4 unspecified atom stereocenters. The summed E-state index contributed by atoms with van der Waals surface area (Å²) >= 11 is 1.66. The lowest BCUT2D eigenvalue weighted by molar-refractivity contribution is -0.125. The van der Waals surface area contributed by atoms with Crippen LogP contribution in [-0.2, 0) is 4.79 Å². The maximum Gasteiger partial charge on any atom is 0.232 e. The maximum absolute atomic E-state index is 11.7. The fourth-order valence-corrected chi connectivity index (χ4v) is 4.36. The maximum atomic E-state index is 11.7. The van der Waals surface area contributed by atoms with E-state index in [1.807, 2.05) is 14.1 Å². The SMILES string of the molecule is CN(C)C(=O)CSC1=CC2CC3C=CC=CC3C2C=C1. The van der Waals surface area contributed by atoms with Crippen molar-refractivity contribution in [2.75, 3.05) is 19.8 Å². The molecule has 0 spiro atoms. The average molecular weight is 287 g/mol. The molecule has 0 saturated heterocycles. The molecule has 20 heavy (non-hydrogen) atoms. The number of carbonyl (C=O) groups excluding carboxylic acids is 1. The van der Waals surface area contributed by atoms with Crippen LogP contribution >= 0.6 is 11.8 Å². The van der Waals surface area contributed by atoms with Crippen molar-refractivity contribution in [3.8, 4) is 0 Å². The van der Waals surface area contributed by atoms with Gasteiger partial charge in [0.15, 0.2) is 0 Å². The van der Waals surface area contributed by atoms with Crippen molar-refractivity contribution in [1.29, 1.82) is 0 Å². The summed E-state index contributed by atoms with van der Waals surface area (Å²) in [5, 5.41) is 0. The summed E-state index contributed by atoms with van der Waals surface area (Å²) in [5.74, 6) is 3.37. The molecular formula is C17H21NOS. The third kappa shape index (κ3) is 2.64. The summed E-state index contributed by atoms with van der Waals surface area (Å²) in [5.41, 5.74) is 0. The summed E-state index contributed by atoms with van der Waals surface area (Å²) in [6, 6.07) is 0. The molecule has 0 aromatic carbocycles. The molecule has 3 rings (SSSR count). The van der Waals surface area contributed by atoms with Crippen LogP contribution in [0.5, 0.6) is 0 Å². The second-order valence-corrected chi connectivity index (χ2v) is 7.04. The molecule has 1 amide bonds. The van der Waals surface area contributed by atoms with E-state index in [2.05, 4.69) is 42.5 Å². The Kier molecular flexibility index (Phi) is 3.88. The van der Waals surface area contributed by atoms with Gasteiger partial charge in [0.1, 0.15) is 0 Å². The van der Waals surface area contributed by atoms with Crippen molar-refractivity contribution in [3.05, 3.63) is 47.4 Å². The van der Waals surface area contributed by atoms with E-state index in [1.54, 1.807) is 16.7 Å². The van der Waals surface area contributed by atoms with E-state index in [0.29, 0.717) is 29.4 Å². The van der Waals surface area contributed by atoms with Gasteiger partial charge in [0.05, 0.1) is 5.75 Å². The number of nitrogens with zero attached hydrogens (tertiary/aromatic N) is 1. The molecular weight excluding hydrogens is 266 g/mol. The molecule has 0 bridgehead atoms. The quantitative estimate of drug-likeness (QED) is 0.794. The van der Waals surface area contributed by atoms with Crippen molar-refractivity contribution in [1.82, 2.24) is 4.90 Å². The van der Waals surface area contributed by atoms with Crippen LogP contribution in [0.1, 0.15) is 6.42 Å². The highest BCUT2D eigenvalue weighted by Crippen LogP contribution is 2.48. The fourth-order valence-electron chi connectivity index (χ4n) is 3.37. The molecule has 4 atom stereocenters.